The highest BCUT2D eigenvalue weighted by atomic mass is 35.5. The Balaban J connectivity index is 2.31. The van der Waals surface area contributed by atoms with Crippen LogP contribution in [0.5, 0.6) is 23.0 Å². The summed E-state index contributed by atoms with van der Waals surface area (Å²) in [5.74, 6) is 0.476. The molecule has 1 amide bonds. The van der Waals surface area contributed by atoms with Gasteiger partial charge in [0.05, 0.1) is 38.8 Å². The number of hydrogen-bond donors (Lipinski definition) is 1. The van der Waals surface area contributed by atoms with E-state index in [1.165, 1.54) is 21.1 Å². The molecule has 1 atom stereocenters. The van der Waals surface area contributed by atoms with Crippen LogP contribution in [0.3, 0.4) is 0 Å². The molecular formula is C22H26ClN3O6. The lowest BCUT2D eigenvalue weighted by atomic mass is 10.2. The number of rotatable bonds is 11. The van der Waals surface area contributed by atoms with E-state index in [0.717, 1.165) is 0 Å². The van der Waals surface area contributed by atoms with E-state index in [-0.39, 0.29) is 16.5 Å². The van der Waals surface area contributed by atoms with E-state index in [0.29, 0.717) is 36.1 Å². The maximum Gasteiger partial charge on any atom is 0.258 e. The molecule has 0 saturated carbocycles. The molecule has 0 spiro atoms. The van der Waals surface area contributed by atoms with Crippen LogP contribution < -0.4 is 24.3 Å². The minimum absolute atomic E-state index is 0.218. The highest BCUT2D eigenvalue weighted by Gasteiger charge is 2.25. The van der Waals surface area contributed by atoms with E-state index in [4.69, 9.17) is 30.5 Å². The molecule has 0 fully saturated rings. The van der Waals surface area contributed by atoms with Gasteiger partial charge in [0.15, 0.2) is 11.5 Å². The molecule has 172 valence electrons. The Morgan fingerprint density at radius 1 is 1.03 bits per heavy atom. The minimum atomic E-state index is -1.38. The van der Waals surface area contributed by atoms with Gasteiger partial charge in [0, 0.05) is 18.2 Å². The molecule has 0 aliphatic rings. The number of halogens is 1. The highest BCUT2D eigenvalue weighted by molar-refractivity contribution is 6.34. The number of nitrogens with one attached hydrogen (secondary N) is 1. The van der Waals surface area contributed by atoms with Gasteiger partial charge in [-0.1, -0.05) is 11.6 Å². The van der Waals surface area contributed by atoms with Crippen LogP contribution in [-0.2, 0) is 9.59 Å². The van der Waals surface area contributed by atoms with Crippen molar-refractivity contribution in [2.45, 2.75) is 26.8 Å². The van der Waals surface area contributed by atoms with E-state index in [1.807, 2.05) is 6.92 Å². The van der Waals surface area contributed by atoms with Crippen LogP contribution in [0.1, 0.15) is 20.8 Å². The summed E-state index contributed by atoms with van der Waals surface area (Å²) in [7, 11) is 3.00. The van der Waals surface area contributed by atoms with Crippen LogP contribution in [-0.4, -0.2) is 45.2 Å². The fourth-order valence-electron chi connectivity index (χ4n) is 2.68. The summed E-state index contributed by atoms with van der Waals surface area (Å²) in [4.78, 5) is 25.0. The predicted octanol–water partition coefficient (Wildman–Crippen LogP) is 4.83. The van der Waals surface area contributed by atoms with Gasteiger partial charge in [-0.3, -0.25) is 9.59 Å². The molecule has 0 bridgehead atoms. The maximum absolute atomic E-state index is 12.8. The fraction of sp³-hybridized carbons (Fsp3) is 0.364. The zero-order valence-electron chi connectivity index (χ0n) is 18.6. The number of amides is 1. The molecule has 9 nitrogen and oxygen atoms in total. The number of anilines is 1. The van der Waals surface area contributed by atoms with Gasteiger partial charge in [0.2, 0.25) is 6.04 Å². The summed E-state index contributed by atoms with van der Waals surface area (Å²) in [6.45, 7) is 5.59. The van der Waals surface area contributed by atoms with Gasteiger partial charge >= 0.3 is 0 Å². The second-order valence-electron chi connectivity index (χ2n) is 6.41. The second kappa shape index (κ2) is 11.9. The number of carbonyl (C=O) groups is 2. The normalized spacial score (nSPS) is 11.7. The zero-order chi connectivity index (χ0) is 23.7. The number of hydrogen-bond acceptors (Lipinski definition) is 8. The second-order valence-corrected chi connectivity index (χ2v) is 6.79. The Bertz CT molecular complexity index is 974. The summed E-state index contributed by atoms with van der Waals surface area (Å²) in [5.41, 5.74) is 0.647. The monoisotopic (exact) mass is 463 g/mol. The van der Waals surface area contributed by atoms with Crippen molar-refractivity contribution in [3.05, 3.63) is 35.4 Å². The number of ether oxygens (including phenoxy) is 4. The van der Waals surface area contributed by atoms with E-state index in [1.54, 1.807) is 37.3 Å². The molecule has 0 aromatic heterocycles. The molecule has 0 aliphatic heterocycles. The van der Waals surface area contributed by atoms with Gasteiger partial charge in [0.1, 0.15) is 22.3 Å². The van der Waals surface area contributed by atoms with Crippen molar-refractivity contribution in [3.8, 4) is 23.0 Å². The SMILES string of the molecule is CCOc1ccc(NC(=O)C(N=Nc2cc(OC)cc(OC)c2)C(C)=O)c(OCC)c1Cl. The van der Waals surface area contributed by atoms with Gasteiger partial charge in [-0.05, 0) is 32.9 Å². The average molecular weight is 464 g/mol. The minimum Gasteiger partial charge on any atom is -0.497 e. The Morgan fingerprint density at radius 2 is 1.66 bits per heavy atom. The molecule has 32 heavy (non-hydrogen) atoms. The lowest BCUT2D eigenvalue weighted by molar-refractivity contribution is -0.126. The Kier molecular flexibility index (Phi) is 9.27. The molecule has 0 aliphatic carbocycles. The topological polar surface area (TPSA) is 108 Å². The quantitative estimate of drug-likeness (QED) is 0.377. The first kappa shape index (κ1) is 24.9. The Morgan fingerprint density at radius 3 is 2.19 bits per heavy atom. The third kappa shape index (κ3) is 6.34. The van der Waals surface area contributed by atoms with Crippen molar-refractivity contribution >= 4 is 34.7 Å². The van der Waals surface area contributed by atoms with Crippen LogP contribution in [0, 0.1) is 0 Å². The smallest absolute Gasteiger partial charge is 0.258 e. The lowest BCUT2D eigenvalue weighted by Gasteiger charge is -2.17. The summed E-state index contributed by atoms with van der Waals surface area (Å²) in [6.07, 6.45) is 0. The van der Waals surface area contributed by atoms with Gasteiger partial charge in [-0.15, -0.1) is 0 Å². The standard InChI is InChI=1S/C22H26ClN3O6/c1-6-31-18-9-8-17(21(19(18)23)32-7-2)24-22(28)20(13(3)27)26-25-14-10-15(29-4)12-16(11-14)30-5/h8-12,20H,6-7H2,1-5H3,(H,24,28). The summed E-state index contributed by atoms with van der Waals surface area (Å²) >= 11 is 6.36. The molecule has 2 rings (SSSR count). The van der Waals surface area contributed by atoms with Crippen LogP contribution in [0.4, 0.5) is 11.4 Å². The number of benzene rings is 2. The Labute approximate surface area is 191 Å². The number of carbonyl (C=O) groups excluding carboxylic acids is 2. The molecule has 1 N–H and O–H groups in total. The van der Waals surface area contributed by atoms with Crippen molar-refractivity contribution in [1.29, 1.82) is 0 Å². The van der Waals surface area contributed by atoms with Crippen molar-refractivity contribution in [3.63, 3.8) is 0 Å². The first-order chi connectivity index (χ1) is 15.3. The average Bonchev–Trinajstić information content (AvgIpc) is 2.77. The van der Waals surface area contributed by atoms with Gasteiger partial charge in [0.25, 0.3) is 5.91 Å². The summed E-state index contributed by atoms with van der Waals surface area (Å²) in [6, 6.07) is 6.67. The lowest BCUT2D eigenvalue weighted by Crippen LogP contribution is -2.32. The predicted molar refractivity (Wildman–Crippen MR) is 121 cm³/mol. The number of methoxy groups -OCH3 is 2. The molecule has 0 saturated heterocycles. The van der Waals surface area contributed by atoms with Crippen LogP contribution >= 0.6 is 11.6 Å². The van der Waals surface area contributed by atoms with Crippen molar-refractivity contribution in [1.82, 2.24) is 0 Å². The fourth-order valence-corrected chi connectivity index (χ4v) is 2.96. The zero-order valence-corrected chi connectivity index (χ0v) is 19.4. The molecule has 2 aromatic rings. The highest BCUT2D eigenvalue weighted by Crippen LogP contribution is 2.40. The number of azo groups is 1. The van der Waals surface area contributed by atoms with Crippen LogP contribution in [0.15, 0.2) is 40.6 Å². The number of ketones is 1. The van der Waals surface area contributed by atoms with Gasteiger partial charge in [-0.2, -0.15) is 10.2 Å². The number of nitrogens with zero attached hydrogens (tertiary/aromatic N) is 2. The van der Waals surface area contributed by atoms with E-state index in [9.17, 15) is 9.59 Å². The van der Waals surface area contributed by atoms with E-state index >= 15 is 0 Å². The van der Waals surface area contributed by atoms with Gasteiger partial charge in [-0.25, -0.2) is 0 Å². The van der Waals surface area contributed by atoms with Crippen molar-refractivity contribution < 1.29 is 28.5 Å². The maximum atomic E-state index is 12.8. The first-order valence-corrected chi connectivity index (χ1v) is 10.3. The van der Waals surface area contributed by atoms with Crippen molar-refractivity contribution in [2.75, 3.05) is 32.8 Å². The largest absolute Gasteiger partial charge is 0.497 e. The van der Waals surface area contributed by atoms with E-state index < -0.39 is 17.7 Å². The molecule has 10 heteroatoms. The van der Waals surface area contributed by atoms with Crippen LogP contribution in [0.2, 0.25) is 5.02 Å². The molecule has 0 heterocycles. The van der Waals surface area contributed by atoms with Crippen molar-refractivity contribution in [2.24, 2.45) is 10.2 Å². The Hall–Kier alpha value is -3.33. The molecule has 0 radical (unpaired) electrons. The molecular weight excluding hydrogens is 438 g/mol. The van der Waals surface area contributed by atoms with E-state index in [2.05, 4.69) is 15.5 Å². The molecule has 1 unspecified atom stereocenters. The van der Waals surface area contributed by atoms with Crippen LogP contribution in [0.25, 0.3) is 0 Å². The summed E-state index contributed by atoms with van der Waals surface area (Å²) < 4.78 is 21.4. The first-order valence-electron chi connectivity index (χ1n) is 9.87. The number of Topliss-reactive ketones (excluding diaryl/α,β-unsaturated/α-hetero) is 1. The summed E-state index contributed by atoms with van der Waals surface area (Å²) in [5, 5.41) is 10.8. The molecule has 2 aromatic carbocycles. The van der Waals surface area contributed by atoms with Gasteiger partial charge < -0.3 is 24.3 Å². The third-order valence-corrected chi connectivity index (χ3v) is 4.52. The third-order valence-electron chi connectivity index (χ3n) is 4.17.